The summed E-state index contributed by atoms with van der Waals surface area (Å²) in [5.74, 6) is -5.92. The summed E-state index contributed by atoms with van der Waals surface area (Å²) in [5.41, 5.74) is 23.1. The molecule has 2 aromatic rings. The first-order valence-electron chi connectivity index (χ1n) is 21.0. The first kappa shape index (κ1) is 53.5. The highest BCUT2D eigenvalue weighted by molar-refractivity contribution is 5.95. The number of fused-ring (bicyclic) bond motifs is 1. The largest absolute Gasteiger partial charge is 0.394 e. The molecule has 66 heavy (non-hydrogen) atoms. The number of aliphatic imine (C=N–C) groups is 1. The Labute approximate surface area is 377 Å². The molecule has 0 radical (unpaired) electrons. The molecule has 29 heteroatoms. The zero-order valence-corrected chi connectivity index (χ0v) is 36.4. The molecule has 8 amide bonds. The van der Waals surface area contributed by atoms with Gasteiger partial charge in [-0.15, -0.1) is 0 Å². The van der Waals surface area contributed by atoms with Gasteiger partial charge in [0.1, 0.15) is 42.2 Å². The van der Waals surface area contributed by atoms with Gasteiger partial charge in [0, 0.05) is 20.0 Å². The molecule has 7 atom stereocenters. The lowest BCUT2D eigenvalue weighted by atomic mass is 10.1. The Balaban J connectivity index is 1.54. The van der Waals surface area contributed by atoms with E-state index >= 15 is 0 Å². The maximum atomic E-state index is 13.4. The standard InChI is InChI=1S/C37H61N17O12/c1-19(56)51-22(16-55)35(65)47-15-27(60)53-21(34(64)46-14-26(59)52-20(6-2-3-9-38)33(63)45-13-25(58)44-12-24(39)57)7-4-10-42-37(41)43-11-5-8-23-29(61)30(62)36(66-23)54-18-50-28-31(40)48-17-49-32(28)54/h17-18,20-23,29-30,36,55,61-62H,2-16,38H2,1H3,(H2,39,57)(H,44,58)(H,45,63)(H,46,64)(H,47,65)(H,51,56)(H,52,59)(H,53,60)(H2,40,48,49)(H3,41,42,43)/t20-,21-,22-,23+,29+,30+,36+/m0/s1. The highest BCUT2D eigenvalue weighted by atomic mass is 16.6. The molecule has 3 heterocycles. The van der Waals surface area contributed by atoms with Crippen LogP contribution in [-0.2, 0) is 43.1 Å². The number of rotatable bonds is 28. The van der Waals surface area contributed by atoms with Crippen LogP contribution in [0.4, 0.5) is 5.82 Å². The Morgan fingerprint density at radius 2 is 1.36 bits per heavy atom. The van der Waals surface area contributed by atoms with Crippen molar-refractivity contribution in [3.8, 4) is 0 Å². The lowest BCUT2D eigenvalue weighted by molar-refractivity contribution is -0.133. The van der Waals surface area contributed by atoms with E-state index < -0.39 is 123 Å². The first-order valence-corrected chi connectivity index (χ1v) is 21.0. The number of hydrogen-bond donors (Lipinski definition) is 15. The van der Waals surface area contributed by atoms with Gasteiger partial charge >= 0.3 is 0 Å². The number of hydrogen-bond acceptors (Lipinski definition) is 18. The number of nitrogens with zero attached hydrogens (tertiary/aromatic N) is 5. The molecule has 19 N–H and O–H groups in total. The van der Waals surface area contributed by atoms with E-state index in [1.807, 2.05) is 0 Å². The van der Waals surface area contributed by atoms with Crippen LogP contribution in [0.5, 0.6) is 0 Å². The summed E-state index contributed by atoms with van der Waals surface area (Å²) < 4.78 is 7.42. The van der Waals surface area contributed by atoms with E-state index in [4.69, 9.17) is 27.7 Å². The summed E-state index contributed by atoms with van der Waals surface area (Å²) in [5, 5.41) is 50.2. The second-order valence-corrected chi connectivity index (χ2v) is 15.0. The second-order valence-electron chi connectivity index (χ2n) is 15.0. The van der Waals surface area contributed by atoms with E-state index in [-0.39, 0.29) is 37.6 Å². The number of nitrogens with one attached hydrogen (secondary N) is 8. The quantitative estimate of drug-likeness (QED) is 0.0214. The fourth-order valence-electron chi connectivity index (χ4n) is 6.40. The van der Waals surface area contributed by atoms with Crippen molar-refractivity contribution in [1.29, 1.82) is 0 Å². The van der Waals surface area contributed by atoms with Crippen molar-refractivity contribution >= 4 is 70.2 Å². The highest BCUT2D eigenvalue weighted by Gasteiger charge is 2.44. The monoisotopic (exact) mass is 935 g/mol. The van der Waals surface area contributed by atoms with Crippen molar-refractivity contribution in [2.45, 2.75) is 94.5 Å². The average Bonchev–Trinajstić information content (AvgIpc) is 3.84. The summed E-state index contributed by atoms with van der Waals surface area (Å²) in [6.07, 6.45) is 0.400. The molecule has 1 saturated heterocycles. The molecule has 0 saturated carbocycles. The Kier molecular flexibility index (Phi) is 22.3. The van der Waals surface area contributed by atoms with Crippen molar-refractivity contribution < 1.29 is 58.4 Å². The van der Waals surface area contributed by atoms with E-state index in [0.717, 1.165) is 6.92 Å². The summed E-state index contributed by atoms with van der Waals surface area (Å²) in [7, 11) is 0. The SMILES string of the molecule is CC(=O)N[C@@H](CO)C(=O)NCC(=O)N[C@@H](CCCN=C(N)NCCC[C@H]1O[C@@H](n2cnc3c(N)ncnc32)[C@H](O)[C@@H]1O)C(=O)NCC(=O)N[C@@H](CCCCN)C(=O)NCC(=O)NCC(N)=O. The minimum Gasteiger partial charge on any atom is -0.394 e. The van der Waals surface area contributed by atoms with Gasteiger partial charge < -0.3 is 85.5 Å². The van der Waals surface area contributed by atoms with Gasteiger partial charge in [-0.3, -0.25) is 47.9 Å². The number of aromatic nitrogens is 4. The Morgan fingerprint density at radius 3 is 1.95 bits per heavy atom. The number of anilines is 1. The van der Waals surface area contributed by atoms with E-state index in [2.05, 4.69) is 62.5 Å². The number of nitrogen functional groups attached to an aromatic ring is 1. The fourth-order valence-corrected chi connectivity index (χ4v) is 6.40. The van der Waals surface area contributed by atoms with Crippen molar-refractivity contribution in [2.75, 3.05) is 58.2 Å². The van der Waals surface area contributed by atoms with Crippen molar-refractivity contribution in [3.05, 3.63) is 12.7 Å². The number of amides is 8. The minimum atomic E-state index is -1.33. The number of guanidine groups is 1. The van der Waals surface area contributed by atoms with E-state index in [9.17, 15) is 53.7 Å². The van der Waals surface area contributed by atoms with Crippen LogP contribution in [0.2, 0.25) is 0 Å². The van der Waals surface area contributed by atoms with Crippen LogP contribution in [0.25, 0.3) is 11.2 Å². The smallest absolute Gasteiger partial charge is 0.245 e. The zero-order valence-electron chi connectivity index (χ0n) is 36.4. The summed E-state index contributed by atoms with van der Waals surface area (Å²) >= 11 is 0. The van der Waals surface area contributed by atoms with Crippen LogP contribution in [0.15, 0.2) is 17.6 Å². The number of ether oxygens (including phenoxy) is 1. The molecular formula is C37H61N17O12. The number of primary amides is 1. The van der Waals surface area contributed by atoms with Crippen LogP contribution in [0.3, 0.4) is 0 Å². The lowest BCUT2D eigenvalue weighted by Gasteiger charge is -2.21. The molecule has 0 aromatic carbocycles. The lowest BCUT2D eigenvalue weighted by Crippen LogP contribution is -2.54. The molecule has 29 nitrogen and oxygen atoms in total. The average molecular weight is 936 g/mol. The molecule has 3 rings (SSSR count). The highest BCUT2D eigenvalue weighted by Crippen LogP contribution is 2.33. The number of aliphatic hydroxyl groups excluding tert-OH is 3. The van der Waals surface area contributed by atoms with Gasteiger partial charge in [0.25, 0.3) is 0 Å². The third-order valence-corrected chi connectivity index (χ3v) is 9.76. The maximum Gasteiger partial charge on any atom is 0.245 e. The van der Waals surface area contributed by atoms with E-state index in [0.29, 0.717) is 49.9 Å². The summed E-state index contributed by atoms with van der Waals surface area (Å²) in [4.78, 5) is 115. The van der Waals surface area contributed by atoms with Crippen LogP contribution in [0, 0.1) is 0 Å². The number of carbonyl (C=O) groups excluding carboxylic acids is 8. The minimum absolute atomic E-state index is 0.0394. The number of imidazole rings is 1. The Hall–Kier alpha value is -6.82. The van der Waals surface area contributed by atoms with Gasteiger partial charge in [0.2, 0.25) is 47.3 Å². The number of carbonyl (C=O) groups is 8. The second kappa shape index (κ2) is 27.5. The molecule has 0 bridgehead atoms. The van der Waals surface area contributed by atoms with E-state index in [1.54, 1.807) is 0 Å². The van der Waals surface area contributed by atoms with Crippen LogP contribution in [-0.4, -0.2) is 177 Å². The van der Waals surface area contributed by atoms with Gasteiger partial charge in [-0.05, 0) is 51.5 Å². The summed E-state index contributed by atoms with van der Waals surface area (Å²) in [6.45, 7) is -1.18. The molecule has 0 spiro atoms. The van der Waals surface area contributed by atoms with Gasteiger partial charge in [-0.2, -0.15) is 0 Å². The summed E-state index contributed by atoms with van der Waals surface area (Å²) in [6, 6.07) is -3.74. The van der Waals surface area contributed by atoms with Gasteiger partial charge in [0.05, 0.1) is 45.2 Å². The van der Waals surface area contributed by atoms with Crippen molar-refractivity contribution in [3.63, 3.8) is 0 Å². The topological polar surface area (TPSA) is 463 Å². The predicted molar refractivity (Wildman–Crippen MR) is 231 cm³/mol. The number of aliphatic hydroxyl groups is 3. The van der Waals surface area contributed by atoms with Gasteiger partial charge in [-0.25, -0.2) is 15.0 Å². The molecule has 0 aliphatic carbocycles. The Morgan fingerprint density at radius 1 is 0.758 bits per heavy atom. The third kappa shape index (κ3) is 17.6. The predicted octanol–water partition coefficient (Wildman–Crippen LogP) is -7.96. The molecule has 1 aliphatic rings. The molecule has 1 aliphatic heterocycles. The first-order chi connectivity index (χ1) is 31.4. The molecule has 366 valence electrons. The van der Waals surface area contributed by atoms with Crippen LogP contribution in [0.1, 0.15) is 58.1 Å². The zero-order chi connectivity index (χ0) is 48.8. The third-order valence-electron chi connectivity index (χ3n) is 9.76. The molecule has 1 fully saturated rings. The molecule has 2 aromatic heterocycles. The Bertz CT molecular complexity index is 2020. The van der Waals surface area contributed by atoms with Gasteiger partial charge in [0.15, 0.2) is 23.7 Å². The fraction of sp³-hybridized carbons (Fsp3) is 0.622. The van der Waals surface area contributed by atoms with Crippen molar-refractivity contribution in [2.24, 2.45) is 22.2 Å². The van der Waals surface area contributed by atoms with Gasteiger partial charge in [-0.1, -0.05) is 0 Å². The number of unbranched alkanes of at least 4 members (excludes halogenated alkanes) is 1. The van der Waals surface area contributed by atoms with Crippen molar-refractivity contribution in [1.82, 2.24) is 62.1 Å². The normalized spacial score (nSPS) is 18.3. The van der Waals surface area contributed by atoms with Crippen LogP contribution >= 0.6 is 0 Å². The maximum absolute atomic E-state index is 13.4. The molecular weight excluding hydrogens is 875 g/mol. The van der Waals surface area contributed by atoms with Crippen LogP contribution < -0.4 is 65.5 Å². The number of nitrogens with two attached hydrogens (primary N) is 4. The van der Waals surface area contributed by atoms with E-state index in [1.165, 1.54) is 17.2 Å². The molecule has 0 unspecified atom stereocenters.